The van der Waals surface area contributed by atoms with E-state index in [1.807, 2.05) is 21.1 Å². The van der Waals surface area contributed by atoms with E-state index in [2.05, 4.69) is 67.8 Å². The SMILES string of the molecule is CCCCC/C=C\C/C=C\CCCCCCCCOC(=O)C(CCC(=O)C[N+](C)(C)C)NC(=O)CCCCCCC/C=C\C/C=C\CCCCC. The van der Waals surface area contributed by atoms with Crippen LogP contribution in [0.25, 0.3) is 0 Å². The number of hydrogen-bond donors (Lipinski definition) is 1. The number of nitrogens with one attached hydrogen (secondary N) is 1. The topological polar surface area (TPSA) is 72.5 Å². The van der Waals surface area contributed by atoms with Crippen LogP contribution in [-0.2, 0) is 19.1 Å². The second-order valence-corrected chi connectivity index (χ2v) is 15.4. The number of quaternary nitrogens is 1. The Bertz CT molecular complexity index is 960. The van der Waals surface area contributed by atoms with E-state index in [1.165, 1.54) is 77.0 Å². The fourth-order valence-electron chi connectivity index (χ4n) is 5.89. The van der Waals surface area contributed by atoms with Gasteiger partial charge in [-0.25, -0.2) is 4.79 Å². The highest BCUT2D eigenvalue weighted by atomic mass is 16.5. The van der Waals surface area contributed by atoms with E-state index in [0.29, 0.717) is 24.1 Å². The van der Waals surface area contributed by atoms with E-state index in [9.17, 15) is 14.4 Å². The molecule has 1 N–H and O–H groups in total. The molecule has 0 saturated heterocycles. The number of ketones is 1. The largest absolute Gasteiger partial charge is 0.464 e. The lowest BCUT2D eigenvalue weighted by molar-refractivity contribution is -0.862. The summed E-state index contributed by atoms with van der Waals surface area (Å²) in [6, 6.07) is -0.767. The molecule has 0 aliphatic heterocycles. The zero-order valence-electron chi connectivity index (χ0n) is 34.1. The van der Waals surface area contributed by atoms with Gasteiger partial charge in [-0.3, -0.25) is 9.59 Å². The van der Waals surface area contributed by atoms with Crippen LogP contribution in [0.5, 0.6) is 0 Å². The average Bonchev–Trinajstić information content (AvgIpc) is 3.08. The first-order chi connectivity index (χ1) is 24.7. The Morgan fingerprint density at radius 1 is 0.549 bits per heavy atom. The van der Waals surface area contributed by atoms with Crippen molar-refractivity contribution in [3.05, 3.63) is 48.6 Å². The number of nitrogens with zero attached hydrogens (tertiary/aromatic N) is 1. The summed E-state index contributed by atoms with van der Waals surface area (Å²) >= 11 is 0. The number of Topliss-reactive ketones (excluding diaryl/α,β-unsaturated/α-hetero) is 1. The van der Waals surface area contributed by atoms with Crippen LogP contribution in [0.3, 0.4) is 0 Å². The van der Waals surface area contributed by atoms with E-state index in [4.69, 9.17) is 4.74 Å². The molecular weight excluding hydrogens is 633 g/mol. The first-order valence-corrected chi connectivity index (χ1v) is 21.1. The molecule has 51 heavy (non-hydrogen) atoms. The fraction of sp³-hybridized carbons (Fsp3) is 0.756. The minimum Gasteiger partial charge on any atom is -0.464 e. The third kappa shape index (κ3) is 37.1. The summed E-state index contributed by atoms with van der Waals surface area (Å²) in [6.07, 6.45) is 45.6. The zero-order valence-corrected chi connectivity index (χ0v) is 34.1. The van der Waals surface area contributed by atoms with Crippen molar-refractivity contribution in [2.24, 2.45) is 0 Å². The van der Waals surface area contributed by atoms with Crippen molar-refractivity contribution >= 4 is 17.7 Å². The van der Waals surface area contributed by atoms with E-state index in [0.717, 1.165) is 70.6 Å². The molecule has 0 aliphatic carbocycles. The van der Waals surface area contributed by atoms with Gasteiger partial charge in [-0.1, -0.05) is 133 Å². The molecule has 0 saturated carbocycles. The summed E-state index contributed by atoms with van der Waals surface area (Å²) in [5.41, 5.74) is 0. The highest BCUT2D eigenvalue weighted by molar-refractivity contribution is 5.85. The minimum absolute atomic E-state index is 0.0911. The van der Waals surface area contributed by atoms with Gasteiger partial charge in [-0.15, -0.1) is 0 Å². The standard InChI is InChI=1S/C45H80N2O4/c1-6-8-10-12-14-16-18-20-22-24-26-28-30-32-34-36-40-51-45(50)43(39-38-42(48)41-47(3,4)5)46-44(49)37-35-33-31-29-27-25-23-21-19-17-15-13-11-9-7-2/h14-17,20-23,43H,6-13,18-19,24-41H2,1-5H3/p+1/b16-14-,17-15-,22-20-,23-21-. The molecule has 0 radical (unpaired) electrons. The number of allylic oxidation sites excluding steroid dienone is 8. The lowest BCUT2D eigenvalue weighted by Gasteiger charge is -2.23. The van der Waals surface area contributed by atoms with Gasteiger partial charge in [-0.2, -0.15) is 0 Å². The number of carbonyl (C=O) groups is 3. The molecule has 0 rings (SSSR count). The van der Waals surface area contributed by atoms with Gasteiger partial charge in [0.15, 0.2) is 5.78 Å². The number of carbonyl (C=O) groups excluding carboxylic acids is 3. The molecule has 1 atom stereocenters. The Morgan fingerprint density at radius 2 is 0.980 bits per heavy atom. The molecule has 1 unspecified atom stereocenters. The van der Waals surface area contributed by atoms with Gasteiger partial charge in [0.25, 0.3) is 0 Å². The number of esters is 1. The van der Waals surface area contributed by atoms with Crippen molar-refractivity contribution in [1.29, 1.82) is 0 Å². The Hall–Kier alpha value is -2.47. The van der Waals surface area contributed by atoms with E-state index < -0.39 is 12.0 Å². The van der Waals surface area contributed by atoms with Crippen LogP contribution in [0.15, 0.2) is 48.6 Å². The van der Waals surface area contributed by atoms with Crippen molar-refractivity contribution < 1.29 is 23.6 Å². The predicted octanol–water partition coefficient (Wildman–Crippen LogP) is 11.7. The van der Waals surface area contributed by atoms with Crippen LogP contribution >= 0.6 is 0 Å². The Morgan fingerprint density at radius 3 is 1.45 bits per heavy atom. The number of ether oxygens (including phenoxy) is 1. The second-order valence-electron chi connectivity index (χ2n) is 15.4. The van der Waals surface area contributed by atoms with Crippen LogP contribution in [0.4, 0.5) is 0 Å². The smallest absolute Gasteiger partial charge is 0.328 e. The monoisotopic (exact) mass is 714 g/mol. The van der Waals surface area contributed by atoms with Crippen LogP contribution in [0, 0.1) is 0 Å². The van der Waals surface area contributed by atoms with Gasteiger partial charge in [0.2, 0.25) is 5.91 Å². The molecule has 294 valence electrons. The average molecular weight is 714 g/mol. The van der Waals surface area contributed by atoms with Gasteiger partial charge in [0.05, 0.1) is 27.7 Å². The molecule has 0 aromatic carbocycles. The summed E-state index contributed by atoms with van der Waals surface area (Å²) in [5.74, 6) is -0.451. The molecule has 0 heterocycles. The predicted molar refractivity (Wildman–Crippen MR) is 219 cm³/mol. The third-order valence-corrected chi connectivity index (χ3v) is 8.93. The third-order valence-electron chi connectivity index (χ3n) is 8.93. The molecule has 6 heteroatoms. The quantitative estimate of drug-likeness (QED) is 0.0304. The van der Waals surface area contributed by atoms with E-state index in [1.54, 1.807) is 0 Å². The van der Waals surface area contributed by atoms with Crippen molar-refractivity contribution in [2.75, 3.05) is 34.3 Å². The maximum atomic E-state index is 13.0. The van der Waals surface area contributed by atoms with Crippen molar-refractivity contribution in [2.45, 2.75) is 187 Å². The summed E-state index contributed by atoms with van der Waals surface area (Å²) in [7, 11) is 5.93. The van der Waals surface area contributed by atoms with E-state index >= 15 is 0 Å². The second kappa shape index (κ2) is 35.9. The molecular formula is C45H81N2O4+. The molecule has 0 aromatic rings. The highest BCUT2D eigenvalue weighted by Gasteiger charge is 2.24. The van der Waals surface area contributed by atoms with Gasteiger partial charge >= 0.3 is 5.97 Å². The maximum absolute atomic E-state index is 13.0. The lowest BCUT2D eigenvalue weighted by atomic mass is 10.1. The highest BCUT2D eigenvalue weighted by Crippen LogP contribution is 2.12. The summed E-state index contributed by atoms with van der Waals surface area (Å²) in [5, 5.41) is 2.90. The van der Waals surface area contributed by atoms with Gasteiger partial charge in [0, 0.05) is 12.8 Å². The Kier molecular flexibility index (Phi) is 34.2. The number of rotatable bonds is 36. The molecule has 0 bridgehead atoms. The molecule has 0 aromatic heterocycles. The van der Waals surface area contributed by atoms with Crippen LogP contribution in [0.2, 0.25) is 0 Å². The van der Waals surface area contributed by atoms with Crippen LogP contribution in [0.1, 0.15) is 181 Å². The number of likely N-dealkylation sites (N-methyl/N-ethyl adjacent to an activating group) is 1. The molecule has 6 nitrogen and oxygen atoms in total. The molecule has 0 fully saturated rings. The first-order valence-electron chi connectivity index (χ1n) is 21.1. The lowest BCUT2D eigenvalue weighted by Crippen LogP contribution is -2.43. The first kappa shape index (κ1) is 48.5. The molecule has 0 spiro atoms. The van der Waals surface area contributed by atoms with Gasteiger partial charge < -0.3 is 14.5 Å². The fourth-order valence-corrected chi connectivity index (χ4v) is 5.89. The van der Waals surface area contributed by atoms with E-state index in [-0.39, 0.29) is 24.5 Å². The maximum Gasteiger partial charge on any atom is 0.328 e. The normalized spacial score (nSPS) is 12.9. The van der Waals surface area contributed by atoms with Crippen molar-refractivity contribution in [3.63, 3.8) is 0 Å². The van der Waals surface area contributed by atoms with Crippen LogP contribution in [-0.4, -0.2) is 62.5 Å². The summed E-state index contributed by atoms with van der Waals surface area (Å²) in [4.78, 5) is 38.3. The van der Waals surface area contributed by atoms with Crippen LogP contribution < -0.4 is 5.32 Å². The minimum atomic E-state index is -0.767. The number of amides is 1. The summed E-state index contributed by atoms with van der Waals surface area (Å²) in [6.45, 7) is 5.23. The number of unbranched alkanes of at least 4 members (excludes halogenated alkanes) is 17. The van der Waals surface area contributed by atoms with Gasteiger partial charge in [0.1, 0.15) is 12.6 Å². The number of hydrogen-bond acceptors (Lipinski definition) is 4. The van der Waals surface area contributed by atoms with Crippen molar-refractivity contribution in [1.82, 2.24) is 5.32 Å². The Labute approximate surface area is 315 Å². The molecule has 1 amide bonds. The zero-order chi connectivity index (χ0) is 37.7. The Balaban J connectivity index is 4.25. The van der Waals surface area contributed by atoms with Crippen molar-refractivity contribution in [3.8, 4) is 0 Å². The molecule has 0 aliphatic rings. The summed E-state index contributed by atoms with van der Waals surface area (Å²) < 4.78 is 6.14. The van der Waals surface area contributed by atoms with Gasteiger partial charge in [-0.05, 0) is 83.5 Å².